The van der Waals surface area contributed by atoms with E-state index in [0.29, 0.717) is 13.0 Å². The summed E-state index contributed by atoms with van der Waals surface area (Å²) in [5.41, 5.74) is 0. The molecule has 252 valence electrons. The SMILES string of the molecule is O=C(CCCCCCCCCCCCCCCCCCCCCCCCCCCCCCCCCO)OC[C@@H](O)CO. The summed E-state index contributed by atoms with van der Waals surface area (Å²) in [6.45, 7) is -0.113. The number of hydrogen-bond donors (Lipinski definition) is 3. The van der Waals surface area contributed by atoms with E-state index in [4.69, 9.17) is 20.1 Å². The molecule has 0 aliphatic carbocycles. The second kappa shape index (κ2) is 36.5. The summed E-state index contributed by atoms with van der Waals surface area (Å²) in [5.74, 6) is -0.274. The molecule has 0 fully saturated rings. The number of rotatable bonds is 36. The van der Waals surface area contributed by atoms with E-state index < -0.39 is 6.10 Å². The van der Waals surface area contributed by atoms with Crippen LogP contribution in [0, 0.1) is 0 Å². The first kappa shape index (κ1) is 41.4. The molecule has 0 aromatic carbocycles. The fourth-order valence-corrected chi connectivity index (χ4v) is 5.82. The summed E-state index contributed by atoms with van der Waals surface area (Å²) in [7, 11) is 0. The number of carbonyl (C=O) groups is 1. The van der Waals surface area contributed by atoms with Crippen LogP contribution in [0.25, 0.3) is 0 Å². The Morgan fingerprint density at radius 3 is 0.881 bits per heavy atom. The van der Waals surface area contributed by atoms with Crippen LogP contribution in [0.2, 0.25) is 0 Å². The first-order valence-corrected chi connectivity index (χ1v) is 18.8. The maximum Gasteiger partial charge on any atom is 0.305 e. The normalized spacial score (nSPS) is 12.2. The lowest BCUT2D eigenvalue weighted by Gasteiger charge is -2.08. The molecule has 0 aliphatic rings. The summed E-state index contributed by atoms with van der Waals surface area (Å²) in [5, 5.41) is 26.7. The molecule has 0 unspecified atom stereocenters. The van der Waals surface area contributed by atoms with Gasteiger partial charge >= 0.3 is 5.97 Å². The van der Waals surface area contributed by atoms with Gasteiger partial charge in [0.1, 0.15) is 12.7 Å². The summed E-state index contributed by atoms with van der Waals surface area (Å²) in [4.78, 5) is 11.5. The molecular formula is C37H74O5. The van der Waals surface area contributed by atoms with Crippen LogP contribution in [0.15, 0.2) is 0 Å². The van der Waals surface area contributed by atoms with E-state index in [9.17, 15) is 4.79 Å². The molecule has 0 aromatic heterocycles. The van der Waals surface area contributed by atoms with Gasteiger partial charge in [-0.3, -0.25) is 4.79 Å². The Balaban J connectivity index is 3.09. The van der Waals surface area contributed by atoms with E-state index in [0.717, 1.165) is 19.3 Å². The van der Waals surface area contributed by atoms with Gasteiger partial charge in [0.15, 0.2) is 0 Å². The molecule has 0 heterocycles. The Kier molecular flexibility index (Phi) is 36.0. The fourth-order valence-electron chi connectivity index (χ4n) is 5.82. The van der Waals surface area contributed by atoms with Gasteiger partial charge in [-0.1, -0.05) is 186 Å². The molecule has 5 heteroatoms. The highest BCUT2D eigenvalue weighted by Crippen LogP contribution is 2.17. The van der Waals surface area contributed by atoms with Crippen LogP contribution >= 0.6 is 0 Å². The quantitative estimate of drug-likeness (QED) is 0.0493. The third kappa shape index (κ3) is 35.5. The number of ether oxygens (including phenoxy) is 1. The Bertz CT molecular complexity index is 512. The van der Waals surface area contributed by atoms with E-state index in [1.54, 1.807) is 0 Å². The molecule has 0 amide bonds. The lowest BCUT2D eigenvalue weighted by atomic mass is 10.0. The number of carbonyl (C=O) groups excluding carboxylic acids is 1. The summed E-state index contributed by atoms with van der Waals surface area (Å²) >= 11 is 0. The zero-order valence-electron chi connectivity index (χ0n) is 28.0. The topological polar surface area (TPSA) is 87.0 Å². The van der Waals surface area contributed by atoms with Crippen molar-refractivity contribution in [1.29, 1.82) is 0 Å². The van der Waals surface area contributed by atoms with Crippen molar-refractivity contribution in [2.24, 2.45) is 0 Å². The third-order valence-electron chi connectivity index (χ3n) is 8.69. The molecule has 1 atom stereocenters. The molecule has 0 saturated carbocycles. The zero-order chi connectivity index (χ0) is 30.6. The van der Waals surface area contributed by atoms with E-state index in [-0.39, 0.29) is 19.2 Å². The van der Waals surface area contributed by atoms with Gasteiger partial charge in [-0.15, -0.1) is 0 Å². The molecule has 3 N–H and O–H groups in total. The van der Waals surface area contributed by atoms with Crippen molar-refractivity contribution in [2.75, 3.05) is 19.8 Å². The average molecular weight is 599 g/mol. The third-order valence-corrected chi connectivity index (χ3v) is 8.69. The molecule has 0 aliphatic heterocycles. The highest BCUT2D eigenvalue weighted by atomic mass is 16.5. The Labute approximate surface area is 262 Å². The average Bonchev–Trinajstić information content (AvgIpc) is 3.00. The molecule has 42 heavy (non-hydrogen) atoms. The van der Waals surface area contributed by atoms with E-state index in [2.05, 4.69) is 0 Å². The summed E-state index contributed by atoms with van der Waals surface area (Å²) < 4.78 is 4.91. The zero-order valence-corrected chi connectivity index (χ0v) is 28.0. The monoisotopic (exact) mass is 599 g/mol. The second-order valence-corrected chi connectivity index (χ2v) is 13.0. The number of hydrogen-bond acceptors (Lipinski definition) is 5. The molecule has 0 radical (unpaired) electrons. The van der Waals surface area contributed by atoms with Gasteiger partial charge in [0.25, 0.3) is 0 Å². The number of unbranched alkanes of at least 4 members (excludes halogenated alkanes) is 30. The van der Waals surface area contributed by atoms with E-state index in [1.807, 2.05) is 0 Å². The fraction of sp³-hybridized carbons (Fsp3) is 0.973. The van der Waals surface area contributed by atoms with Crippen molar-refractivity contribution < 1.29 is 24.9 Å². The molecule has 0 saturated heterocycles. The molecular weight excluding hydrogens is 524 g/mol. The first-order valence-electron chi connectivity index (χ1n) is 18.8. The lowest BCUT2D eigenvalue weighted by molar-refractivity contribution is -0.147. The minimum atomic E-state index is -0.959. The van der Waals surface area contributed by atoms with Gasteiger partial charge in [0, 0.05) is 13.0 Å². The van der Waals surface area contributed by atoms with Gasteiger partial charge in [-0.05, 0) is 12.8 Å². The van der Waals surface area contributed by atoms with Crippen LogP contribution in [-0.2, 0) is 9.53 Å². The highest BCUT2D eigenvalue weighted by Gasteiger charge is 2.07. The molecule has 0 spiro atoms. The Morgan fingerprint density at radius 1 is 0.405 bits per heavy atom. The summed E-state index contributed by atoms with van der Waals surface area (Å²) in [6, 6.07) is 0. The standard InChI is InChI=1S/C37H74O5/c38-33-31-29-27-25-23-21-19-17-15-13-11-9-7-5-3-1-2-4-6-8-10-12-14-16-18-20-22-24-26-28-30-32-37(41)42-35-36(40)34-39/h36,38-40H,1-35H2/t36-/m0/s1. The van der Waals surface area contributed by atoms with Crippen molar-refractivity contribution in [1.82, 2.24) is 0 Å². The van der Waals surface area contributed by atoms with Gasteiger partial charge in [-0.2, -0.15) is 0 Å². The Hall–Kier alpha value is -0.650. The lowest BCUT2D eigenvalue weighted by Crippen LogP contribution is -2.21. The largest absolute Gasteiger partial charge is 0.463 e. The molecule has 5 nitrogen and oxygen atoms in total. The van der Waals surface area contributed by atoms with Crippen LogP contribution in [0.3, 0.4) is 0 Å². The molecule has 0 bridgehead atoms. The minimum Gasteiger partial charge on any atom is -0.463 e. The van der Waals surface area contributed by atoms with Crippen LogP contribution in [-0.4, -0.2) is 47.2 Å². The second-order valence-electron chi connectivity index (χ2n) is 13.0. The van der Waals surface area contributed by atoms with Gasteiger partial charge < -0.3 is 20.1 Å². The maximum atomic E-state index is 11.5. The number of aliphatic hydroxyl groups is 3. The smallest absolute Gasteiger partial charge is 0.305 e. The van der Waals surface area contributed by atoms with E-state index >= 15 is 0 Å². The van der Waals surface area contributed by atoms with Crippen LogP contribution in [0.1, 0.15) is 205 Å². The van der Waals surface area contributed by atoms with E-state index in [1.165, 1.54) is 180 Å². The number of esters is 1. The minimum absolute atomic E-state index is 0.105. The van der Waals surface area contributed by atoms with Crippen molar-refractivity contribution >= 4 is 5.97 Å². The van der Waals surface area contributed by atoms with Gasteiger partial charge in [0.2, 0.25) is 0 Å². The number of aliphatic hydroxyl groups excluding tert-OH is 3. The van der Waals surface area contributed by atoms with Gasteiger partial charge in [-0.25, -0.2) is 0 Å². The van der Waals surface area contributed by atoms with Crippen LogP contribution < -0.4 is 0 Å². The predicted molar refractivity (Wildman–Crippen MR) is 179 cm³/mol. The van der Waals surface area contributed by atoms with Crippen molar-refractivity contribution in [3.8, 4) is 0 Å². The highest BCUT2D eigenvalue weighted by molar-refractivity contribution is 5.69. The predicted octanol–water partition coefficient (Wildman–Crippen LogP) is 10.4. The van der Waals surface area contributed by atoms with Gasteiger partial charge in [0.05, 0.1) is 6.61 Å². The van der Waals surface area contributed by atoms with Crippen LogP contribution in [0.4, 0.5) is 0 Å². The molecule has 0 aromatic rings. The first-order chi connectivity index (χ1) is 20.7. The maximum absolute atomic E-state index is 11.5. The van der Waals surface area contributed by atoms with Crippen molar-refractivity contribution in [3.63, 3.8) is 0 Å². The van der Waals surface area contributed by atoms with Crippen LogP contribution in [0.5, 0.6) is 0 Å². The van der Waals surface area contributed by atoms with Crippen molar-refractivity contribution in [3.05, 3.63) is 0 Å². The van der Waals surface area contributed by atoms with Crippen molar-refractivity contribution in [2.45, 2.75) is 212 Å². The summed E-state index contributed by atoms with van der Waals surface area (Å²) in [6.07, 6.45) is 41.3. The molecule has 0 rings (SSSR count). The Morgan fingerprint density at radius 2 is 0.643 bits per heavy atom.